The van der Waals surface area contributed by atoms with Gasteiger partial charge in [-0.15, -0.1) is 0 Å². The second-order valence-corrected chi connectivity index (χ2v) is 7.41. The van der Waals surface area contributed by atoms with Crippen LogP contribution in [0.25, 0.3) is 0 Å². The van der Waals surface area contributed by atoms with E-state index in [1.54, 1.807) is 20.3 Å². The fraction of sp³-hybridized carbons (Fsp3) is 0.286. The quantitative estimate of drug-likeness (QED) is 0.673. The van der Waals surface area contributed by atoms with Gasteiger partial charge >= 0.3 is 5.97 Å². The maximum atomic E-state index is 12.8. The van der Waals surface area contributed by atoms with Gasteiger partial charge in [-0.25, -0.2) is 5.01 Å². The minimum atomic E-state index is -1.02. The number of carbonyl (C=O) groups is 2. The average Bonchev–Trinajstić information content (AvgIpc) is 3.16. The van der Waals surface area contributed by atoms with Gasteiger partial charge in [0.05, 0.1) is 32.4 Å². The molecule has 1 heterocycles. The molecule has 1 aliphatic heterocycles. The first-order valence-corrected chi connectivity index (χ1v) is 9.82. The van der Waals surface area contributed by atoms with Gasteiger partial charge in [-0.1, -0.05) is 40.2 Å². The molecule has 152 valence electrons. The van der Waals surface area contributed by atoms with Crippen molar-refractivity contribution in [3.63, 3.8) is 0 Å². The maximum absolute atomic E-state index is 12.8. The molecule has 0 radical (unpaired) electrons. The molecule has 2 aromatic rings. The molecule has 0 saturated heterocycles. The molecule has 1 amide bonds. The van der Waals surface area contributed by atoms with E-state index in [1.807, 2.05) is 36.4 Å². The van der Waals surface area contributed by atoms with Crippen LogP contribution in [0.4, 0.5) is 0 Å². The van der Waals surface area contributed by atoms with Gasteiger partial charge in [-0.05, 0) is 23.8 Å². The Bertz CT molecular complexity index is 960. The van der Waals surface area contributed by atoms with Gasteiger partial charge in [0.2, 0.25) is 5.91 Å². The molecule has 2 aromatic carbocycles. The van der Waals surface area contributed by atoms with Crippen LogP contribution >= 0.6 is 15.9 Å². The number of hydrogen-bond donors (Lipinski definition) is 1. The van der Waals surface area contributed by atoms with Crippen LogP contribution in [0, 0.1) is 0 Å². The highest BCUT2D eigenvalue weighted by Gasteiger charge is 2.35. The zero-order chi connectivity index (χ0) is 21.0. The molecule has 29 heavy (non-hydrogen) atoms. The third-order valence-electron chi connectivity index (χ3n) is 4.67. The summed E-state index contributed by atoms with van der Waals surface area (Å²) in [5, 5.41) is 14.9. The summed E-state index contributed by atoms with van der Waals surface area (Å²) in [4.78, 5) is 23.7. The highest BCUT2D eigenvalue weighted by molar-refractivity contribution is 9.10. The minimum Gasteiger partial charge on any atom is -0.493 e. The lowest BCUT2D eigenvalue weighted by molar-refractivity contribution is -0.141. The van der Waals surface area contributed by atoms with Gasteiger partial charge in [0.25, 0.3) is 0 Å². The molecule has 1 aliphatic rings. The first kappa shape index (κ1) is 20.9. The number of ether oxygens (including phenoxy) is 2. The SMILES string of the molecule is COc1cccc([C@@H]2CC(c3cccc(Br)c3)=NN2C(=O)CCC(=O)O)c1OC. The summed E-state index contributed by atoms with van der Waals surface area (Å²) in [6.45, 7) is 0. The van der Waals surface area contributed by atoms with Crippen molar-refractivity contribution in [2.24, 2.45) is 5.10 Å². The summed E-state index contributed by atoms with van der Waals surface area (Å²) in [6.07, 6.45) is 0.0885. The summed E-state index contributed by atoms with van der Waals surface area (Å²) in [6, 6.07) is 12.7. The van der Waals surface area contributed by atoms with Gasteiger partial charge in [-0.3, -0.25) is 9.59 Å². The van der Waals surface area contributed by atoms with E-state index in [2.05, 4.69) is 21.0 Å². The predicted molar refractivity (Wildman–Crippen MR) is 111 cm³/mol. The molecule has 1 N–H and O–H groups in total. The molecule has 8 heteroatoms. The number of nitrogens with zero attached hydrogens (tertiary/aromatic N) is 2. The van der Waals surface area contributed by atoms with Crippen LogP contribution in [-0.4, -0.2) is 41.9 Å². The van der Waals surface area contributed by atoms with Gasteiger partial charge in [-0.2, -0.15) is 5.10 Å². The molecule has 0 aliphatic carbocycles. The number of aliphatic carboxylic acids is 1. The lowest BCUT2D eigenvalue weighted by Gasteiger charge is -2.24. The second kappa shape index (κ2) is 9.09. The largest absolute Gasteiger partial charge is 0.493 e. The Labute approximate surface area is 177 Å². The molecule has 3 rings (SSSR count). The molecular weight excluding hydrogens is 440 g/mol. The fourth-order valence-corrected chi connectivity index (χ4v) is 3.73. The number of para-hydroxylation sites is 1. The Morgan fingerprint density at radius 2 is 1.93 bits per heavy atom. The standard InChI is InChI=1S/C21H21BrN2O5/c1-28-18-8-4-7-15(21(18)29-2)17-12-16(13-5-3-6-14(22)11-13)23-24(17)19(25)9-10-20(26)27/h3-8,11,17H,9-10,12H2,1-2H3,(H,26,27)/t17-/m0/s1. The Morgan fingerprint density at radius 1 is 1.17 bits per heavy atom. The molecule has 0 aromatic heterocycles. The van der Waals surface area contributed by atoms with E-state index in [4.69, 9.17) is 14.6 Å². The lowest BCUT2D eigenvalue weighted by Crippen LogP contribution is -2.27. The lowest BCUT2D eigenvalue weighted by atomic mass is 9.97. The van der Waals surface area contributed by atoms with Crippen molar-refractivity contribution in [2.45, 2.75) is 25.3 Å². The third kappa shape index (κ3) is 4.59. The number of carboxylic acid groups (broad SMARTS) is 1. The molecule has 0 saturated carbocycles. The van der Waals surface area contributed by atoms with Crippen LogP contribution in [0.5, 0.6) is 11.5 Å². The van der Waals surface area contributed by atoms with E-state index >= 15 is 0 Å². The zero-order valence-corrected chi connectivity index (χ0v) is 17.7. The zero-order valence-electron chi connectivity index (χ0n) is 16.1. The van der Waals surface area contributed by atoms with Crippen LogP contribution in [0.1, 0.15) is 36.4 Å². The number of rotatable bonds is 7. The topological polar surface area (TPSA) is 88.4 Å². The summed E-state index contributed by atoms with van der Waals surface area (Å²) < 4.78 is 11.8. The van der Waals surface area contributed by atoms with Crippen molar-refractivity contribution in [2.75, 3.05) is 14.2 Å². The molecule has 0 spiro atoms. The number of benzene rings is 2. The third-order valence-corrected chi connectivity index (χ3v) is 5.16. The fourth-order valence-electron chi connectivity index (χ4n) is 3.33. The number of carbonyl (C=O) groups excluding carboxylic acids is 1. The molecule has 0 fully saturated rings. The number of methoxy groups -OCH3 is 2. The van der Waals surface area contributed by atoms with Crippen LogP contribution < -0.4 is 9.47 Å². The second-order valence-electron chi connectivity index (χ2n) is 6.49. The van der Waals surface area contributed by atoms with Gasteiger partial charge in [0.1, 0.15) is 0 Å². The molecule has 0 bridgehead atoms. The normalized spacial score (nSPS) is 15.8. The molecule has 1 atom stereocenters. The van der Waals surface area contributed by atoms with Gasteiger partial charge < -0.3 is 14.6 Å². The maximum Gasteiger partial charge on any atom is 0.303 e. The van der Waals surface area contributed by atoms with Gasteiger partial charge in [0.15, 0.2) is 11.5 Å². The Morgan fingerprint density at radius 3 is 2.59 bits per heavy atom. The smallest absolute Gasteiger partial charge is 0.303 e. The minimum absolute atomic E-state index is 0.132. The van der Waals surface area contributed by atoms with Crippen LogP contribution in [0.2, 0.25) is 0 Å². The number of amides is 1. The van der Waals surface area contributed by atoms with Crippen LogP contribution in [0.15, 0.2) is 52.0 Å². The van der Waals surface area contributed by atoms with E-state index in [1.165, 1.54) is 5.01 Å². The number of carboxylic acids is 1. The summed E-state index contributed by atoms with van der Waals surface area (Å²) in [5.74, 6) is -0.294. The number of hydrogen-bond acceptors (Lipinski definition) is 5. The molecule has 0 unspecified atom stereocenters. The van der Waals surface area contributed by atoms with E-state index in [-0.39, 0.29) is 18.7 Å². The van der Waals surface area contributed by atoms with Crippen molar-refractivity contribution >= 4 is 33.5 Å². The van der Waals surface area contributed by atoms with Crippen molar-refractivity contribution < 1.29 is 24.2 Å². The van der Waals surface area contributed by atoms with E-state index in [0.717, 1.165) is 21.3 Å². The Balaban J connectivity index is 2.01. The summed E-state index contributed by atoms with van der Waals surface area (Å²) >= 11 is 3.46. The van der Waals surface area contributed by atoms with Crippen molar-refractivity contribution in [3.8, 4) is 11.5 Å². The van der Waals surface area contributed by atoms with Crippen molar-refractivity contribution in [1.82, 2.24) is 5.01 Å². The summed E-state index contributed by atoms with van der Waals surface area (Å²) in [7, 11) is 3.10. The van der Waals surface area contributed by atoms with E-state index in [0.29, 0.717) is 17.9 Å². The Kier molecular flexibility index (Phi) is 6.53. The van der Waals surface area contributed by atoms with E-state index in [9.17, 15) is 9.59 Å². The first-order chi connectivity index (χ1) is 13.9. The Hall–Kier alpha value is -2.87. The summed E-state index contributed by atoms with van der Waals surface area (Å²) in [5.41, 5.74) is 2.38. The number of hydrazone groups is 1. The van der Waals surface area contributed by atoms with Crippen molar-refractivity contribution in [3.05, 3.63) is 58.1 Å². The van der Waals surface area contributed by atoms with Crippen LogP contribution in [-0.2, 0) is 9.59 Å². The average molecular weight is 461 g/mol. The first-order valence-electron chi connectivity index (χ1n) is 9.02. The highest BCUT2D eigenvalue weighted by Crippen LogP contribution is 2.42. The monoisotopic (exact) mass is 460 g/mol. The van der Waals surface area contributed by atoms with E-state index < -0.39 is 12.0 Å². The van der Waals surface area contributed by atoms with Gasteiger partial charge in [0, 0.05) is 22.9 Å². The predicted octanol–water partition coefficient (Wildman–Crippen LogP) is 4.01. The van der Waals surface area contributed by atoms with Crippen molar-refractivity contribution in [1.29, 1.82) is 0 Å². The number of halogens is 1. The molecular formula is C21H21BrN2O5. The molecule has 7 nitrogen and oxygen atoms in total. The highest BCUT2D eigenvalue weighted by atomic mass is 79.9. The van der Waals surface area contributed by atoms with Crippen LogP contribution in [0.3, 0.4) is 0 Å².